The summed E-state index contributed by atoms with van der Waals surface area (Å²) in [4.78, 5) is 11.7. The van der Waals surface area contributed by atoms with Crippen LogP contribution in [-0.2, 0) is 4.79 Å². The maximum absolute atomic E-state index is 11.7. The molecule has 15 heavy (non-hydrogen) atoms. The zero-order chi connectivity index (χ0) is 11.3. The Morgan fingerprint density at radius 3 is 2.93 bits per heavy atom. The van der Waals surface area contributed by atoms with Gasteiger partial charge in [0, 0.05) is 18.1 Å². The summed E-state index contributed by atoms with van der Waals surface area (Å²) in [5.41, 5.74) is 5.31. The van der Waals surface area contributed by atoms with Crippen LogP contribution in [0.25, 0.3) is 0 Å². The summed E-state index contributed by atoms with van der Waals surface area (Å²) >= 11 is 1.76. The molecule has 0 bridgehead atoms. The fourth-order valence-electron chi connectivity index (χ4n) is 1.46. The fourth-order valence-corrected chi connectivity index (χ4v) is 2.04. The Morgan fingerprint density at radius 1 is 1.73 bits per heavy atom. The number of carbonyl (C=O) groups excluding carboxylic acids is 1. The third-order valence-electron chi connectivity index (χ3n) is 2.68. The van der Waals surface area contributed by atoms with Gasteiger partial charge in [0.15, 0.2) is 0 Å². The molecule has 0 aromatic carbocycles. The molecule has 1 aliphatic carbocycles. The first-order valence-electron chi connectivity index (χ1n) is 5.35. The van der Waals surface area contributed by atoms with E-state index in [1.54, 1.807) is 11.8 Å². The smallest absolute Gasteiger partial charge is 0.240 e. The van der Waals surface area contributed by atoms with Crippen LogP contribution in [0.3, 0.4) is 0 Å². The highest BCUT2D eigenvalue weighted by atomic mass is 32.2. The van der Waals surface area contributed by atoms with Gasteiger partial charge in [-0.15, -0.1) is 6.58 Å². The first kappa shape index (κ1) is 12.6. The van der Waals surface area contributed by atoms with Crippen LogP contribution in [0.5, 0.6) is 0 Å². The van der Waals surface area contributed by atoms with Crippen molar-refractivity contribution in [2.75, 3.05) is 18.1 Å². The Morgan fingerprint density at radius 2 is 2.40 bits per heavy atom. The van der Waals surface area contributed by atoms with Crippen LogP contribution in [-0.4, -0.2) is 29.5 Å². The molecule has 0 aliphatic heterocycles. The highest BCUT2D eigenvalue weighted by molar-refractivity contribution is 7.99. The van der Waals surface area contributed by atoms with Crippen LogP contribution < -0.4 is 11.1 Å². The molecule has 0 heterocycles. The molecule has 0 spiro atoms. The van der Waals surface area contributed by atoms with Crippen LogP contribution in [0.1, 0.15) is 19.8 Å². The van der Waals surface area contributed by atoms with Gasteiger partial charge < -0.3 is 11.1 Å². The molecule has 1 atom stereocenters. The van der Waals surface area contributed by atoms with Gasteiger partial charge in [-0.05, 0) is 25.7 Å². The van der Waals surface area contributed by atoms with Crippen molar-refractivity contribution in [3.8, 4) is 0 Å². The second-order valence-corrected chi connectivity index (χ2v) is 5.33. The van der Waals surface area contributed by atoms with Gasteiger partial charge in [0.2, 0.25) is 5.91 Å². The van der Waals surface area contributed by atoms with Crippen LogP contribution in [0.4, 0.5) is 0 Å². The summed E-state index contributed by atoms with van der Waals surface area (Å²) in [5.74, 6) is 2.22. The van der Waals surface area contributed by atoms with E-state index in [9.17, 15) is 4.79 Å². The average molecular weight is 228 g/mol. The molecule has 1 unspecified atom stereocenters. The van der Waals surface area contributed by atoms with E-state index in [2.05, 4.69) is 11.9 Å². The standard InChI is InChI=1S/C11H20N2OS/c1-3-7-15-8-6-13-10(14)11(2,12)9-4-5-9/h3,9H,1,4-8,12H2,2H3,(H,13,14). The Labute approximate surface area is 95.9 Å². The molecule has 1 rings (SSSR count). The zero-order valence-electron chi connectivity index (χ0n) is 9.29. The molecule has 86 valence electrons. The molecule has 4 heteroatoms. The fraction of sp³-hybridized carbons (Fsp3) is 0.727. The lowest BCUT2D eigenvalue weighted by Gasteiger charge is -2.22. The third-order valence-corrected chi connectivity index (χ3v) is 3.65. The molecule has 1 amide bonds. The predicted molar refractivity (Wildman–Crippen MR) is 65.8 cm³/mol. The van der Waals surface area contributed by atoms with Crippen LogP contribution in [0, 0.1) is 5.92 Å². The number of carbonyl (C=O) groups is 1. The topological polar surface area (TPSA) is 55.1 Å². The molecule has 0 aromatic rings. The molecule has 1 fully saturated rings. The first-order chi connectivity index (χ1) is 7.09. The number of hydrogen-bond donors (Lipinski definition) is 2. The van der Waals surface area contributed by atoms with E-state index < -0.39 is 5.54 Å². The minimum Gasteiger partial charge on any atom is -0.354 e. The second-order valence-electron chi connectivity index (χ2n) is 4.18. The normalized spacial score (nSPS) is 19.3. The molecule has 0 aromatic heterocycles. The van der Waals surface area contributed by atoms with E-state index in [0.717, 1.165) is 24.3 Å². The SMILES string of the molecule is C=CCSCCNC(=O)C(C)(N)C1CC1. The quantitative estimate of drug-likeness (QED) is 0.508. The molecule has 0 saturated heterocycles. The highest BCUT2D eigenvalue weighted by Crippen LogP contribution is 2.37. The minimum absolute atomic E-state index is 0.01000. The first-order valence-corrected chi connectivity index (χ1v) is 6.50. The van der Waals surface area contributed by atoms with Gasteiger partial charge in [0.05, 0.1) is 5.54 Å². The Balaban J connectivity index is 2.15. The number of nitrogens with two attached hydrogens (primary N) is 1. The third kappa shape index (κ3) is 3.87. The number of thioether (sulfide) groups is 1. The lowest BCUT2D eigenvalue weighted by atomic mass is 9.96. The van der Waals surface area contributed by atoms with Gasteiger partial charge in [0.25, 0.3) is 0 Å². The van der Waals surface area contributed by atoms with E-state index in [4.69, 9.17) is 5.73 Å². The van der Waals surface area contributed by atoms with Gasteiger partial charge in [-0.3, -0.25) is 4.79 Å². The van der Waals surface area contributed by atoms with Gasteiger partial charge in [0.1, 0.15) is 0 Å². The molecule has 0 radical (unpaired) electrons. The maximum atomic E-state index is 11.7. The van der Waals surface area contributed by atoms with Crippen LogP contribution >= 0.6 is 11.8 Å². The summed E-state index contributed by atoms with van der Waals surface area (Å²) in [6, 6.07) is 0. The van der Waals surface area contributed by atoms with Gasteiger partial charge in [-0.25, -0.2) is 0 Å². The highest BCUT2D eigenvalue weighted by Gasteiger charge is 2.43. The average Bonchev–Trinajstić information content (AvgIpc) is 3.00. The zero-order valence-corrected chi connectivity index (χ0v) is 10.1. The molecule has 1 aliphatic rings. The largest absolute Gasteiger partial charge is 0.354 e. The second kappa shape index (κ2) is 5.56. The van der Waals surface area contributed by atoms with E-state index in [0.29, 0.717) is 12.5 Å². The van der Waals surface area contributed by atoms with Crippen LogP contribution in [0.2, 0.25) is 0 Å². The maximum Gasteiger partial charge on any atom is 0.240 e. The Kier molecular flexibility index (Phi) is 4.67. The molecule has 3 nitrogen and oxygen atoms in total. The number of nitrogens with one attached hydrogen (secondary N) is 1. The van der Waals surface area contributed by atoms with Crippen molar-refractivity contribution < 1.29 is 4.79 Å². The van der Waals surface area contributed by atoms with Crippen molar-refractivity contribution in [2.45, 2.75) is 25.3 Å². The van der Waals surface area contributed by atoms with Crippen molar-refractivity contribution in [2.24, 2.45) is 11.7 Å². The van der Waals surface area contributed by atoms with E-state index in [-0.39, 0.29) is 5.91 Å². The molecule has 1 saturated carbocycles. The van der Waals surface area contributed by atoms with Crippen molar-refractivity contribution >= 4 is 17.7 Å². The van der Waals surface area contributed by atoms with Crippen molar-refractivity contribution in [1.29, 1.82) is 0 Å². The Hall–Kier alpha value is -0.480. The lowest BCUT2D eigenvalue weighted by Crippen LogP contribution is -2.53. The summed E-state index contributed by atoms with van der Waals surface area (Å²) in [6.45, 7) is 6.16. The minimum atomic E-state index is -0.664. The molecular weight excluding hydrogens is 208 g/mol. The Bertz CT molecular complexity index is 237. The van der Waals surface area contributed by atoms with Gasteiger partial charge in [-0.2, -0.15) is 11.8 Å². The summed E-state index contributed by atoms with van der Waals surface area (Å²) < 4.78 is 0. The number of amides is 1. The monoisotopic (exact) mass is 228 g/mol. The summed E-state index contributed by atoms with van der Waals surface area (Å²) in [7, 11) is 0. The van der Waals surface area contributed by atoms with Gasteiger partial charge >= 0.3 is 0 Å². The van der Waals surface area contributed by atoms with Crippen LogP contribution in [0.15, 0.2) is 12.7 Å². The van der Waals surface area contributed by atoms with Crippen molar-refractivity contribution in [3.05, 3.63) is 12.7 Å². The van der Waals surface area contributed by atoms with Gasteiger partial charge in [-0.1, -0.05) is 6.08 Å². The van der Waals surface area contributed by atoms with E-state index in [1.807, 2.05) is 13.0 Å². The number of rotatable bonds is 7. The summed E-state index contributed by atoms with van der Waals surface area (Å²) in [6.07, 6.45) is 4.04. The molecular formula is C11H20N2OS. The van der Waals surface area contributed by atoms with Crippen molar-refractivity contribution in [1.82, 2.24) is 5.32 Å². The number of hydrogen-bond acceptors (Lipinski definition) is 3. The summed E-state index contributed by atoms with van der Waals surface area (Å²) in [5, 5.41) is 2.88. The molecule has 3 N–H and O–H groups in total. The lowest BCUT2D eigenvalue weighted by molar-refractivity contribution is -0.126. The predicted octanol–water partition coefficient (Wildman–Crippen LogP) is 1.15. The van der Waals surface area contributed by atoms with Crippen molar-refractivity contribution in [3.63, 3.8) is 0 Å². The van der Waals surface area contributed by atoms with E-state index >= 15 is 0 Å². The van der Waals surface area contributed by atoms with E-state index in [1.165, 1.54) is 0 Å².